The van der Waals surface area contributed by atoms with Crippen molar-refractivity contribution in [2.24, 2.45) is 5.10 Å². The van der Waals surface area contributed by atoms with Gasteiger partial charge in [0.15, 0.2) is 0 Å². The lowest BCUT2D eigenvalue weighted by molar-refractivity contribution is 0.613. The van der Waals surface area contributed by atoms with E-state index in [0.717, 1.165) is 33.5 Å². The van der Waals surface area contributed by atoms with E-state index >= 15 is 0 Å². The minimum Gasteiger partial charge on any atom is -0.316 e. The first kappa shape index (κ1) is 23.7. The number of rotatable bonds is 5. The molecule has 170 valence electrons. The summed E-state index contributed by atoms with van der Waals surface area (Å²) in [5, 5.41) is 6.11. The Morgan fingerprint density at radius 2 is 1.94 bits per heavy atom. The third-order valence-corrected chi connectivity index (χ3v) is 7.14. The fourth-order valence-corrected chi connectivity index (χ4v) is 4.59. The monoisotopic (exact) mass is 544 g/mol. The maximum Gasteiger partial charge on any atom is 0.282 e. The van der Waals surface area contributed by atoms with Crippen molar-refractivity contribution in [3.05, 3.63) is 90.1 Å². The van der Waals surface area contributed by atoms with Gasteiger partial charge in [-0.2, -0.15) is 9.78 Å². The number of aryl methyl sites for hydroxylation is 1. The van der Waals surface area contributed by atoms with Gasteiger partial charge >= 0.3 is 0 Å². The second-order valence-electron chi connectivity index (χ2n) is 8.04. The summed E-state index contributed by atoms with van der Waals surface area (Å²) in [6.45, 7) is 8.09. The van der Waals surface area contributed by atoms with Crippen LogP contribution in [0.3, 0.4) is 0 Å². The minimum atomic E-state index is -0.195. The summed E-state index contributed by atoms with van der Waals surface area (Å²) >= 11 is 16.1. The number of fused-ring (bicyclic) bond motifs is 1. The normalized spacial score (nSPS) is 12.7. The number of hydrogen-bond acceptors (Lipinski definition) is 3. The van der Waals surface area contributed by atoms with E-state index in [1.807, 2.05) is 55.7 Å². The molecule has 2 aromatic carbocycles. The molecule has 0 bridgehead atoms. The van der Waals surface area contributed by atoms with Crippen molar-refractivity contribution in [1.29, 1.82) is 0 Å². The molecule has 1 atom stereocenters. The van der Waals surface area contributed by atoms with E-state index in [0.29, 0.717) is 26.8 Å². The lowest BCUT2D eigenvalue weighted by Crippen LogP contribution is -2.23. The molecule has 0 unspecified atom stereocenters. The highest BCUT2D eigenvalue weighted by atomic mass is 79.9. The van der Waals surface area contributed by atoms with E-state index in [1.165, 1.54) is 4.68 Å². The van der Waals surface area contributed by atoms with Crippen LogP contribution < -0.4 is 5.56 Å². The van der Waals surface area contributed by atoms with Crippen LogP contribution in [-0.2, 0) is 0 Å². The van der Waals surface area contributed by atoms with Gasteiger partial charge in [-0.15, -0.1) is 0 Å². The summed E-state index contributed by atoms with van der Waals surface area (Å²) in [6, 6.07) is 13.1. The Morgan fingerprint density at radius 3 is 2.67 bits per heavy atom. The summed E-state index contributed by atoms with van der Waals surface area (Å²) in [7, 11) is 0. The van der Waals surface area contributed by atoms with Gasteiger partial charge in [0.05, 0.1) is 32.9 Å². The van der Waals surface area contributed by atoms with Crippen LogP contribution in [0.1, 0.15) is 49.0 Å². The van der Waals surface area contributed by atoms with E-state index in [4.69, 9.17) is 28.2 Å². The van der Waals surface area contributed by atoms with Crippen LogP contribution in [0.25, 0.3) is 16.6 Å². The van der Waals surface area contributed by atoms with Gasteiger partial charge < -0.3 is 4.57 Å². The zero-order valence-electron chi connectivity index (χ0n) is 18.7. The van der Waals surface area contributed by atoms with Gasteiger partial charge in [-0.1, -0.05) is 59.0 Å². The van der Waals surface area contributed by atoms with Crippen molar-refractivity contribution in [3.63, 3.8) is 0 Å². The smallest absolute Gasteiger partial charge is 0.282 e. The highest BCUT2D eigenvalue weighted by Crippen LogP contribution is 2.31. The maximum absolute atomic E-state index is 13.4. The molecule has 2 heterocycles. The average Bonchev–Trinajstić information content (AvgIpc) is 3.07. The van der Waals surface area contributed by atoms with E-state index < -0.39 is 0 Å². The first-order valence-corrected chi connectivity index (χ1v) is 12.2. The highest BCUT2D eigenvalue weighted by molar-refractivity contribution is 9.10. The fraction of sp³-hybridized carbons (Fsp3) is 0.240. The number of aromatic nitrogens is 3. The van der Waals surface area contributed by atoms with Crippen LogP contribution in [0.4, 0.5) is 0 Å². The van der Waals surface area contributed by atoms with Gasteiger partial charge in [-0.3, -0.25) is 4.79 Å². The summed E-state index contributed by atoms with van der Waals surface area (Å²) in [4.78, 5) is 18.1. The fourth-order valence-electron chi connectivity index (χ4n) is 3.85. The van der Waals surface area contributed by atoms with Crippen molar-refractivity contribution in [3.8, 4) is 5.69 Å². The summed E-state index contributed by atoms with van der Waals surface area (Å²) in [5.41, 5.74) is 4.06. The lowest BCUT2D eigenvalue weighted by Gasteiger charge is -2.14. The number of benzene rings is 2. The molecular formula is C25H23BrCl2N4O. The van der Waals surface area contributed by atoms with Crippen LogP contribution in [0.5, 0.6) is 0 Å². The first-order chi connectivity index (χ1) is 15.7. The van der Waals surface area contributed by atoms with Gasteiger partial charge in [0.25, 0.3) is 5.56 Å². The van der Waals surface area contributed by atoms with Crippen molar-refractivity contribution in [2.45, 2.75) is 40.0 Å². The number of nitrogens with zero attached hydrogens (tertiary/aromatic N) is 4. The van der Waals surface area contributed by atoms with Crippen molar-refractivity contribution < 1.29 is 0 Å². The highest BCUT2D eigenvalue weighted by Gasteiger charge is 2.17. The SMILES string of the molecule is CC[C@H](C)c1nc2ccc(Br)cc2c(=O)n1N=Cc1cc(C)n(-c2cccc(Cl)c2Cl)c1C. The Bertz CT molecular complexity index is 1460. The molecule has 0 saturated heterocycles. The topological polar surface area (TPSA) is 52.2 Å². The maximum atomic E-state index is 13.4. The van der Waals surface area contributed by atoms with Crippen molar-refractivity contribution >= 4 is 56.2 Å². The Balaban J connectivity index is 1.86. The van der Waals surface area contributed by atoms with Gasteiger partial charge in [0.2, 0.25) is 0 Å². The lowest BCUT2D eigenvalue weighted by atomic mass is 10.1. The molecule has 33 heavy (non-hydrogen) atoms. The number of halogens is 3. The average molecular weight is 546 g/mol. The van der Waals surface area contributed by atoms with Gasteiger partial charge in [-0.05, 0) is 56.7 Å². The van der Waals surface area contributed by atoms with Crippen LogP contribution >= 0.6 is 39.1 Å². The van der Waals surface area contributed by atoms with E-state index in [-0.39, 0.29) is 11.5 Å². The molecule has 8 heteroatoms. The molecule has 0 amide bonds. The molecule has 0 aliphatic rings. The van der Waals surface area contributed by atoms with Gasteiger partial charge in [-0.25, -0.2) is 4.98 Å². The molecule has 0 saturated carbocycles. The molecule has 4 aromatic rings. The van der Waals surface area contributed by atoms with Crippen molar-refractivity contribution in [1.82, 2.24) is 14.2 Å². The predicted octanol–water partition coefficient (Wildman–Crippen LogP) is 7.27. The summed E-state index contributed by atoms with van der Waals surface area (Å²) in [6.07, 6.45) is 2.54. The second-order valence-corrected chi connectivity index (χ2v) is 9.74. The van der Waals surface area contributed by atoms with E-state index in [2.05, 4.69) is 28.0 Å². The van der Waals surface area contributed by atoms with Crippen LogP contribution in [0, 0.1) is 13.8 Å². The largest absolute Gasteiger partial charge is 0.316 e. The second kappa shape index (κ2) is 9.45. The molecule has 4 rings (SSSR count). The van der Waals surface area contributed by atoms with Gasteiger partial charge in [0.1, 0.15) is 5.82 Å². The molecule has 0 aliphatic carbocycles. The molecule has 0 aliphatic heterocycles. The third-order valence-electron chi connectivity index (χ3n) is 5.84. The molecule has 0 N–H and O–H groups in total. The number of hydrogen-bond donors (Lipinski definition) is 0. The third kappa shape index (κ3) is 4.39. The molecule has 2 aromatic heterocycles. The molecule has 0 fully saturated rings. The summed E-state index contributed by atoms with van der Waals surface area (Å²) < 4.78 is 4.27. The zero-order chi connectivity index (χ0) is 23.9. The first-order valence-electron chi connectivity index (χ1n) is 10.6. The minimum absolute atomic E-state index is 0.0700. The molecule has 5 nitrogen and oxygen atoms in total. The summed E-state index contributed by atoms with van der Waals surface area (Å²) in [5.74, 6) is 0.709. The van der Waals surface area contributed by atoms with Crippen LogP contribution in [-0.4, -0.2) is 20.4 Å². The van der Waals surface area contributed by atoms with Crippen LogP contribution in [0.2, 0.25) is 10.0 Å². The predicted molar refractivity (Wildman–Crippen MR) is 141 cm³/mol. The van der Waals surface area contributed by atoms with Gasteiger partial charge in [0, 0.05) is 27.3 Å². The van der Waals surface area contributed by atoms with Crippen LogP contribution in [0.15, 0.2) is 56.8 Å². The quantitative estimate of drug-likeness (QED) is 0.247. The van der Waals surface area contributed by atoms with Crippen molar-refractivity contribution in [2.75, 3.05) is 0 Å². The standard InChI is InChI=1S/C25H23BrCl2N4O/c1-5-14(2)24-30-21-10-9-18(26)12-19(21)25(33)32(24)29-13-17-11-15(3)31(16(17)4)22-8-6-7-20(27)23(22)28/h6-14H,5H2,1-4H3/t14-/m0/s1. The Hall–Kier alpha value is -2.41. The molecular weight excluding hydrogens is 523 g/mol. The molecule has 0 radical (unpaired) electrons. The Kier molecular flexibility index (Phi) is 6.80. The Labute approximate surface area is 210 Å². The Morgan fingerprint density at radius 1 is 1.18 bits per heavy atom. The molecule has 0 spiro atoms. The van der Waals surface area contributed by atoms with E-state index in [1.54, 1.807) is 18.3 Å². The zero-order valence-corrected chi connectivity index (χ0v) is 21.8. The van der Waals surface area contributed by atoms with E-state index in [9.17, 15) is 4.79 Å².